The molecule has 0 aliphatic carbocycles. The lowest BCUT2D eigenvalue weighted by Crippen LogP contribution is -2.29. The first kappa shape index (κ1) is 13.0. The lowest BCUT2D eigenvalue weighted by Gasteiger charge is -2.14. The van der Waals surface area contributed by atoms with Crippen molar-refractivity contribution in [2.45, 2.75) is 25.8 Å². The van der Waals surface area contributed by atoms with Crippen LogP contribution in [0.4, 0.5) is 5.82 Å². The van der Waals surface area contributed by atoms with Crippen LogP contribution in [-0.2, 0) is 4.79 Å². The third kappa shape index (κ3) is 3.75. The Bertz CT molecular complexity index is 420. The summed E-state index contributed by atoms with van der Waals surface area (Å²) in [4.78, 5) is 25.8. The maximum Gasteiger partial charge on any atom is 0.326 e. The second-order valence-electron chi connectivity index (χ2n) is 3.60. The Balaban J connectivity index is 2.82. The van der Waals surface area contributed by atoms with Gasteiger partial charge in [-0.2, -0.15) is 0 Å². The van der Waals surface area contributed by atoms with Gasteiger partial charge in [0, 0.05) is 0 Å². The molecule has 1 atom stereocenters. The van der Waals surface area contributed by atoms with Crippen LogP contribution in [0.1, 0.15) is 30.3 Å². The summed E-state index contributed by atoms with van der Waals surface area (Å²) in [6, 6.07) is 3.96. The van der Waals surface area contributed by atoms with Crippen LogP contribution < -0.4 is 11.1 Å². The number of nitrogens with two attached hydrogens (primary N) is 1. The van der Waals surface area contributed by atoms with Gasteiger partial charge in [0.15, 0.2) is 0 Å². The zero-order chi connectivity index (χ0) is 12.8. The minimum atomic E-state index is -0.946. The number of carboxylic acid groups (broad SMARTS) is 1. The number of amides is 1. The maximum absolute atomic E-state index is 10.9. The van der Waals surface area contributed by atoms with Gasteiger partial charge in [0.05, 0.1) is 0 Å². The number of nitrogens with zero attached hydrogens (tertiary/aromatic N) is 1. The highest BCUT2D eigenvalue weighted by Gasteiger charge is 2.16. The van der Waals surface area contributed by atoms with E-state index in [1.165, 1.54) is 6.07 Å². The minimum absolute atomic E-state index is 0.107. The number of aromatic nitrogens is 1. The van der Waals surface area contributed by atoms with Crippen molar-refractivity contribution in [3.63, 3.8) is 0 Å². The standard InChI is InChI=1S/C11H15N3O3/c1-2-4-8(11(16)17)14-9-6-3-5-7(13-9)10(12)15/h3,5-6,8H,2,4H2,1H3,(H2,12,15)(H,13,14)(H,16,17). The second kappa shape index (κ2) is 5.83. The van der Waals surface area contributed by atoms with Crippen LogP contribution >= 0.6 is 0 Å². The summed E-state index contributed by atoms with van der Waals surface area (Å²) in [5, 5.41) is 11.7. The van der Waals surface area contributed by atoms with E-state index in [1.807, 2.05) is 6.92 Å². The molecule has 1 aromatic heterocycles. The predicted octanol–water partition coefficient (Wildman–Crippen LogP) is 0.846. The summed E-state index contributed by atoms with van der Waals surface area (Å²) in [7, 11) is 0. The van der Waals surface area contributed by atoms with E-state index in [1.54, 1.807) is 12.1 Å². The monoisotopic (exact) mass is 237 g/mol. The van der Waals surface area contributed by atoms with Gasteiger partial charge in [-0.05, 0) is 18.6 Å². The molecule has 0 saturated carbocycles. The van der Waals surface area contributed by atoms with E-state index in [-0.39, 0.29) is 5.69 Å². The highest BCUT2D eigenvalue weighted by molar-refractivity contribution is 5.91. The van der Waals surface area contributed by atoms with Crippen molar-refractivity contribution in [2.75, 3.05) is 5.32 Å². The molecule has 0 aromatic carbocycles. The zero-order valence-electron chi connectivity index (χ0n) is 9.51. The molecule has 0 aliphatic rings. The number of carbonyl (C=O) groups excluding carboxylic acids is 1. The number of rotatable bonds is 6. The SMILES string of the molecule is CCCC(Nc1cccc(C(N)=O)n1)C(=O)O. The minimum Gasteiger partial charge on any atom is -0.480 e. The zero-order valence-corrected chi connectivity index (χ0v) is 9.51. The van der Waals surface area contributed by atoms with Crippen LogP contribution in [0.25, 0.3) is 0 Å². The number of pyridine rings is 1. The lowest BCUT2D eigenvalue weighted by atomic mass is 10.1. The average molecular weight is 237 g/mol. The molecule has 1 rings (SSSR count). The maximum atomic E-state index is 10.9. The Hall–Kier alpha value is -2.11. The molecule has 0 spiro atoms. The fraction of sp³-hybridized carbons (Fsp3) is 0.364. The highest BCUT2D eigenvalue weighted by atomic mass is 16.4. The third-order valence-electron chi connectivity index (χ3n) is 2.20. The summed E-state index contributed by atoms with van der Waals surface area (Å²) in [5.41, 5.74) is 5.19. The van der Waals surface area contributed by atoms with Crippen LogP contribution in [0.15, 0.2) is 18.2 Å². The molecule has 0 saturated heterocycles. The van der Waals surface area contributed by atoms with Crippen molar-refractivity contribution in [3.05, 3.63) is 23.9 Å². The van der Waals surface area contributed by atoms with E-state index in [0.29, 0.717) is 12.2 Å². The van der Waals surface area contributed by atoms with Crippen molar-refractivity contribution >= 4 is 17.7 Å². The van der Waals surface area contributed by atoms with Gasteiger partial charge in [0.1, 0.15) is 17.6 Å². The molecular weight excluding hydrogens is 222 g/mol. The molecule has 92 valence electrons. The fourth-order valence-corrected chi connectivity index (χ4v) is 1.38. The molecule has 6 heteroatoms. The fourth-order valence-electron chi connectivity index (χ4n) is 1.38. The number of carboxylic acids is 1. The highest BCUT2D eigenvalue weighted by Crippen LogP contribution is 2.09. The van der Waals surface area contributed by atoms with E-state index in [0.717, 1.165) is 6.42 Å². The number of primary amides is 1. The van der Waals surface area contributed by atoms with E-state index < -0.39 is 17.9 Å². The predicted molar refractivity (Wildman–Crippen MR) is 62.7 cm³/mol. The molecule has 0 aliphatic heterocycles. The van der Waals surface area contributed by atoms with Gasteiger partial charge in [0.25, 0.3) is 5.91 Å². The Labute approximate surface area is 98.8 Å². The van der Waals surface area contributed by atoms with E-state index in [2.05, 4.69) is 10.3 Å². The molecule has 6 nitrogen and oxygen atoms in total. The van der Waals surface area contributed by atoms with Crippen LogP contribution in [0.5, 0.6) is 0 Å². The molecule has 0 fully saturated rings. The van der Waals surface area contributed by atoms with E-state index in [4.69, 9.17) is 10.8 Å². The van der Waals surface area contributed by atoms with Crippen LogP contribution in [0.3, 0.4) is 0 Å². The molecule has 1 unspecified atom stereocenters. The van der Waals surface area contributed by atoms with E-state index >= 15 is 0 Å². The Kier molecular flexibility index (Phi) is 4.45. The summed E-state index contributed by atoms with van der Waals surface area (Å²) < 4.78 is 0. The van der Waals surface area contributed by atoms with Crippen molar-refractivity contribution in [1.29, 1.82) is 0 Å². The number of carbonyl (C=O) groups is 2. The van der Waals surface area contributed by atoms with Crippen molar-refractivity contribution in [1.82, 2.24) is 4.98 Å². The number of nitrogens with one attached hydrogen (secondary N) is 1. The normalized spacial score (nSPS) is 11.8. The number of hydrogen-bond donors (Lipinski definition) is 3. The molecule has 4 N–H and O–H groups in total. The molecule has 1 aromatic rings. The first-order chi connectivity index (χ1) is 8.04. The lowest BCUT2D eigenvalue weighted by molar-refractivity contribution is -0.138. The first-order valence-electron chi connectivity index (χ1n) is 5.30. The summed E-state index contributed by atoms with van der Waals surface area (Å²) >= 11 is 0. The molecule has 0 radical (unpaired) electrons. The van der Waals surface area contributed by atoms with Crippen LogP contribution in [0, 0.1) is 0 Å². The molecular formula is C11H15N3O3. The number of aliphatic carboxylic acids is 1. The van der Waals surface area contributed by atoms with Gasteiger partial charge in [-0.15, -0.1) is 0 Å². The molecule has 1 heterocycles. The average Bonchev–Trinajstić information content (AvgIpc) is 2.28. The molecule has 1 amide bonds. The van der Waals surface area contributed by atoms with Gasteiger partial charge in [-0.1, -0.05) is 19.4 Å². The Morgan fingerprint density at radius 3 is 2.76 bits per heavy atom. The first-order valence-corrected chi connectivity index (χ1v) is 5.30. The summed E-state index contributed by atoms with van der Waals surface area (Å²) in [6.07, 6.45) is 1.22. The van der Waals surface area contributed by atoms with Gasteiger partial charge in [-0.25, -0.2) is 9.78 Å². The van der Waals surface area contributed by atoms with Crippen molar-refractivity contribution < 1.29 is 14.7 Å². The topological polar surface area (TPSA) is 105 Å². The van der Waals surface area contributed by atoms with Crippen LogP contribution in [0.2, 0.25) is 0 Å². The molecule has 0 bridgehead atoms. The third-order valence-corrected chi connectivity index (χ3v) is 2.20. The van der Waals surface area contributed by atoms with Crippen LogP contribution in [-0.4, -0.2) is 28.0 Å². The van der Waals surface area contributed by atoms with Crippen molar-refractivity contribution in [3.8, 4) is 0 Å². The second-order valence-corrected chi connectivity index (χ2v) is 3.60. The summed E-state index contributed by atoms with van der Waals surface area (Å²) in [5.74, 6) is -1.25. The van der Waals surface area contributed by atoms with E-state index in [9.17, 15) is 9.59 Å². The Morgan fingerprint density at radius 1 is 1.53 bits per heavy atom. The van der Waals surface area contributed by atoms with Gasteiger partial charge >= 0.3 is 5.97 Å². The Morgan fingerprint density at radius 2 is 2.24 bits per heavy atom. The quantitative estimate of drug-likeness (QED) is 0.680. The van der Waals surface area contributed by atoms with Gasteiger partial charge < -0.3 is 16.2 Å². The summed E-state index contributed by atoms with van der Waals surface area (Å²) in [6.45, 7) is 1.89. The smallest absolute Gasteiger partial charge is 0.326 e. The number of hydrogen-bond acceptors (Lipinski definition) is 4. The van der Waals surface area contributed by atoms with Gasteiger partial charge in [0.2, 0.25) is 0 Å². The van der Waals surface area contributed by atoms with Gasteiger partial charge in [-0.3, -0.25) is 4.79 Å². The van der Waals surface area contributed by atoms with Crippen molar-refractivity contribution in [2.24, 2.45) is 5.73 Å². The molecule has 17 heavy (non-hydrogen) atoms. The number of anilines is 1. The largest absolute Gasteiger partial charge is 0.480 e.